The molecule has 3 atom stereocenters. The van der Waals surface area contributed by atoms with E-state index in [1.807, 2.05) is 6.92 Å². The van der Waals surface area contributed by atoms with Crippen LogP contribution >= 0.6 is 11.6 Å². The minimum Gasteiger partial charge on any atom is -0.315 e. The summed E-state index contributed by atoms with van der Waals surface area (Å²) in [6, 6.07) is 3.51. The molecule has 3 unspecified atom stereocenters. The molecule has 3 rings (SSSR count). The van der Waals surface area contributed by atoms with Crippen LogP contribution in [0.3, 0.4) is 0 Å². The fourth-order valence-corrected chi connectivity index (χ4v) is 5.46. The molecule has 2 heterocycles. The lowest BCUT2D eigenvalue weighted by atomic mass is 10.0. The second-order valence-electron chi connectivity index (χ2n) is 5.48. The maximum absolute atomic E-state index is 13.2. The number of halogens is 2. The second-order valence-corrected chi connectivity index (χ2v) is 7.73. The average molecular weight is 319 g/mol. The molecule has 0 radical (unpaired) electrons. The number of sulfonamides is 1. The Bertz CT molecular complexity index is 637. The Hall–Kier alpha value is -0.690. The van der Waals surface area contributed by atoms with E-state index < -0.39 is 15.8 Å². The van der Waals surface area contributed by atoms with Gasteiger partial charge < -0.3 is 5.32 Å². The summed E-state index contributed by atoms with van der Waals surface area (Å²) in [6.45, 7) is 3.44. The third-order valence-corrected chi connectivity index (χ3v) is 6.50. The quantitative estimate of drug-likeness (QED) is 0.905. The molecule has 2 saturated heterocycles. The van der Waals surface area contributed by atoms with E-state index in [-0.39, 0.29) is 22.0 Å². The van der Waals surface area contributed by atoms with Crippen molar-refractivity contribution in [2.75, 3.05) is 13.1 Å². The van der Waals surface area contributed by atoms with Gasteiger partial charge in [0.2, 0.25) is 10.0 Å². The van der Waals surface area contributed by atoms with Crippen LogP contribution in [-0.2, 0) is 10.0 Å². The van der Waals surface area contributed by atoms with Crippen LogP contribution in [0.1, 0.15) is 13.3 Å². The van der Waals surface area contributed by atoms with Gasteiger partial charge in [-0.25, -0.2) is 12.8 Å². The zero-order valence-corrected chi connectivity index (χ0v) is 12.6. The van der Waals surface area contributed by atoms with Crippen molar-refractivity contribution in [1.29, 1.82) is 0 Å². The Morgan fingerprint density at radius 1 is 1.40 bits per heavy atom. The molecule has 4 nitrogen and oxygen atoms in total. The Morgan fingerprint density at radius 3 is 2.85 bits per heavy atom. The van der Waals surface area contributed by atoms with E-state index in [9.17, 15) is 12.8 Å². The van der Waals surface area contributed by atoms with Crippen LogP contribution in [-0.4, -0.2) is 37.9 Å². The molecule has 0 saturated carbocycles. The SMILES string of the molecule is CC1CC2CNCC2N1S(=O)(=O)c1ccc(F)c(Cl)c1. The first-order valence-corrected chi connectivity index (χ1v) is 8.42. The molecule has 0 spiro atoms. The van der Waals surface area contributed by atoms with Crippen molar-refractivity contribution in [2.24, 2.45) is 5.92 Å². The Labute approximate surface area is 123 Å². The fourth-order valence-electron chi connectivity index (χ4n) is 3.30. The molecule has 1 N–H and O–H groups in total. The first kappa shape index (κ1) is 14.3. The lowest BCUT2D eigenvalue weighted by molar-refractivity contribution is 0.335. The number of nitrogens with zero attached hydrogens (tertiary/aromatic N) is 1. The molecular formula is C13H16ClFN2O2S. The molecule has 2 aliphatic heterocycles. The fraction of sp³-hybridized carbons (Fsp3) is 0.538. The average Bonchev–Trinajstić information content (AvgIpc) is 2.91. The molecule has 2 aliphatic rings. The molecule has 0 amide bonds. The number of hydrogen-bond donors (Lipinski definition) is 1. The van der Waals surface area contributed by atoms with Crippen molar-refractivity contribution in [3.8, 4) is 0 Å². The summed E-state index contributed by atoms with van der Waals surface area (Å²) in [5.41, 5.74) is 0. The van der Waals surface area contributed by atoms with Crippen molar-refractivity contribution < 1.29 is 12.8 Å². The van der Waals surface area contributed by atoms with Gasteiger partial charge in [0.05, 0.1) is 9.92 Å². The predicted molar refractivity (Wildman–Crippen MR) is 74.7 cm³/mol. The maximum Gasteiger partial charge on any atom is 0.243 e. The lowest BCUT2D eigenvalue weighted by Crippen LogP contribution is -2.42. The third kappa shape index (κ3) is 2.15. The molecule has 20 heavy (non-hydrogen) atoms. The van der Waals surface area contributed by atoms with E-state index in [0.717, 1.165) is 19.0 Å². The largest absolute Gasteiger partial charge is 0.315 e. The molecule has 0 aromatic heterocycles. The summed E-state index contributed by atoms with van der Waals surface area (Å²) in [6.07, 6.45) is 0.853. The van der Waals surface area contributed by atoms with E-state index in [2.05, 4.69) is 5.32 Å². The highest BCUT2D eigenvalue weighted by atomic mass is 35.5. The van der Waals surface area contributed by atoms with Crippen LogP contribution < -0.4 is 5.32 Å². The highest BCUT2D eigenvalue weighted by Crippen LogP contribution is 2.37. The third-order valence-electron chi connectivity index (χ3n) is 4.18. The summed E-state index contributed by atoms with van der Waals surface area (Å²) in [5.74, 6) is -0.254. The van der Waals surface area contributed by atoms with Gasteiger partial charge in [0.25, 0.3) is 0 Å². The Balaban J connectivity index is 2.00. The maximum atomic E-state index is 13.2. The standard InChI is InChI=1S/C13H16ClFN2O2S/c1-8-4-9-6-16-7-13(9)17(8)20(18,19)10-2-3-12(15)11(14)5-10/h2-3,5,8-9,13,16H,4,6-7H2,1H3. The van der Waals surface area contributed by atoms with Crippen LogP contribution in [0, 0.1) is 11.7 Å². The van der Waals surface area contributed by atoms with Gasteiger partial charge in [-0.3, -0.25) is 0 Å². The van der Waals surface area contributed by atoms with Crippen molar-refractivity contribution in [1.82, 2.24) is 9.62 Å². The summed E-state index contributed by atoms with van der Waals surface area (Å²) in [7, 11) is -3.64. The first-order chi connectivity index (χ1) is 9.41. The minimum absolute atomic E-state index is 0.0150. The van der Waals surface area contributed by atoms with E-state index in [4.69, 9.17) is 11.6 Å². The molecule has 0 bridgehead atoms. The number of hydrogen-bond acceptors (Lipinski definition) is 3. The number of benzene rings is 1. The highest BCUT2D eigenvalue weighted by molar-refractivity contribution is 7.89. The van der Waals surface area contributed by atoms with Crippen LogP contribution in [0.4, 0.5) is 4.39 Å². The van der Waals surface area contributed by atoms with Crippen LogP contribution in [0.5, 0.6) is 0 Å². The molecule has 1 aromatic rings. The van der Waals surface area contributed by atoms with Crippen molar-refractivity contribution in [3.05, 3.63) is 29.0 Å². The summed E-state index contributed by atoms with van der Waals surface area (Å²) < 4.78 is 40.3. The van der Waals surface area contributed by atoms with Gasteiger partial charge in [-0.15, -0.1) is 0 Å². The van der Waals surface area contributed by atoms with Crippen LogP contribution in [0.15, 0.2) is 23.1 Å². The monoisotopic (exact) mass is 318 g/mol. The molecule has 110 valence electrons. The predicted octanol–water partition coefficient (Wildman–Crippen LogP) is 1.85. The van der Waals surface area contributed by atoms with Crippen LogP contribution in [0.2, 0.25) is 5.02 Å². The van der Waals surface area contributed by atoms with Crippen molar-refractivity contribution in [2.45, 2.75) is 30.3 Å². The van der Waals surface area contributed by atoms with E-state index in [1.165, 1.54) is 12.1 Å². The van der Waals surface area contributed by atoms with Gasteiger partial charge in [0.15, 0.2) is 0 Å². The second kappa shape index (κ2) is 4.94. The molecule has 7 heteroatoms. The van der Waals surface area contributed by atoms with E-state index >= 15 is 0 Å². The molecule has 2 fully saturated rings. The first-order valence-electron chi connectivity index (χ1n) is 6.60. The number of fused-ring (bicyclic) bond motifs is 1. The van der Waals surface area contributed by atoms with Gasteiger partial charge >= 0.3 is 0 Å². The van der Waals surface area contributed by atoms with Crippen molar-refractivity contribution >= 4 is 21.6 Å². The zero-order chi connectivity index (χ0) is 14.5. The number of rotatable bonds is 2. The van der Waals surface area contributed by atoms with Gasteiger partial charge in [-0.2, -0.15) is 4.31 Å². The van der Waals surface area contributed by atoms with E-state index in [0.29, 0.717) is 12.5 Å². The van der Waals surface area contributed by atoms with E-state index in [1.54, 1.807) is 4.31 Å². The van der Waals surface area contributed by atoms with Gasteiger partial charge in [0.1, 0.15) is 5.82 Å². The topological polar surface area (TPSA) is 49.4 Å². The normalized spacial score (nSPS) is 30.6. The Kier molecular flexibility index (Phi) is 3.52. The van der Waals surface area contributed by atoms with Gasteiger partial charge in [0, 0.05) is 18.6 Å². The molecule has 0 aliphatic carbocycles. The van der Waals surface area contributed by atoms with Crippen LogP contribution in [0.25, 0.3) is 0 Å². The Morgan fingerprint density at radius 2 is 2.15 bits per heavy atom. The zero-order valence-electron chi connectivity index (χ0n) is 11.0. The smallest absolute Gasteiger partial charge is 0.243 e. The number of nitrogens with one attached hydrogen (secondary N) is 1. The summed E-state index contributed by atoms with van der Waals surface area (Å²) in [5, 5.41) is 3.06. The summed E-state index contributed by atoms with van der Waals surface area (Å²) in [4.78, 5) is 0.0586. The minimum atomic E-state index is -3.64. The molecular weight excluding hydrogens is 303 g/mol. The highest BCUT2D eigenvalue weighted by Gasteiger charge is 2.47. The van der Waals surface area contributed by atoms with Crippen molar-refractivity contribution in [3.63, 3.8) is 0 Å². The summed E-state index contributed by atoms with van der Waals surface area (Å²) >= 11 is 5.70. The molecule has 1 aromatic carbocycles. The van der Waals surface area contributed by atoms with Gasteiger partial charge in [-0.1, -0.05) is 11.6 Å². The lowest BCUT2D eigenvalue weighted by Gasteiger charge is -2.26. The van der Waals surface area contributed by atoms with Gasteiger partial charge in [-0.05, 0) is 44.0 Å².